The van der Waals surface area contributed by atoms with Gasteiger partial charge in [0.05, 0.1) is 31.7 Å². The van der Waals surface area contributed by atoms with Crippen LogP contribution in [0.5, 0.6) is 11.5 Å². The molecule has 3 fully saturated rings. The minimum absolute atomic E-state index is 0.0264. The molecular formula is C56H51N5O8. The zero-order valence-electron chi connectivity index (χ0n) is 38.2. The maximum Gasteiger partial charge on any atom is 0.324 e. The van der Waals surface area contributed by atoms with Gasteiger partial charge in [0.15, 0.2) is 0 Å². The third-order valence-electron chi connectivity index (χ3n) is 13.8. The Morgan fingerprint density at radius 2 is 1.42 bits per heavy atom. The van der Waals surface area contributed by atoms with Crippen LogP contribution < -0.4 is 25.0 Å². The van der Waals surface area contributed by atoms with Gasteiger partial charge in [-0.3, -0.25) is 24.1 Å². The normalized spacial score (nSPS) is 22.7. The number of methoxy groups -OCH3 is 1. The van der Waals surface area contributed by atoms with Gasteiger partial charge in [-0.05, 0) is 101 Å². The topological polar surface area (TPSA) is 150 Å². The molecule has 0 aromatic heterocycles. The molecule has 3 saturated heterocycles. The van der Waals surface area contributed by atoms with E-state index in [1.165, 1.54) is 0 Å². The lowest BCUT2D eigenvalue weighted by Crippen LogP contribution is -2.53. The van der Waals surface area contributed by atoms with Crippen LogP contribution in [0.25, 0.3) is 0 Å². The fourth-order valence-electron chi connectivity index (χ4n) is 10.7. The molecule has 1 spiro atoms. The van der Waals surface area contributed by atoms with Crippen LogP contribution in [-0.4, -0.2) is 91.1 Å². The van der Waals surface area contributed by atoms with Crippen molar-refractivity contribution in [2.45, 2.75) is 36.6 Å². The zero-order chi connectivity index (χ0) is 47.6. The summed E-state index contributed by atoms with van der Waals surface area (Å²) in [5.41, 5.74) is 4.14. The molecule has 10 rings (SSSR count). The number of hydrogen-bond donors (Lipinski definition) is 3. The maximum absolute atomic E-state index is 15.8. The van der Waals surface area contributed by atoms with Crippen LogP contribution in [0.2, 0.25) is 0 Å². The minimum Gasteiger partial charge on any atom is -0.497 e. The van der Waals surface area contributed by atoms with E-state index >= 15 is 14.4 Å². The van der Waals surface area contributed by atoms with Gasteiger partial charge in [0, 0.05) is 61.3 Å². The standard InChI is InChI=1S/C56H51N5O8/c1-36(63)59-28-30-60(31-29-59)43-23-21-42(22-24-43)57-53(64)48-50-54(65)69-51(40-12-7-4-8-13-40)49(39-10-5-3-6-11-39)61(50)52(41-14-9-15-45(35-41)68-33-32-62)56(48)46-34-38(20-27-47(46)58-55(56)66)17-16-37-18-25-44(67-2)26-19-37/h3-15,18-27,34-35,48-52,62H,28-33H2,1-2H3,(H,57,64)(H,58,66)/t48-,49-,50?,51+,52+,56-/m1/s1. The van der Waals surface area contributed by atoms with E-state index in [9.17, 15) is 9.90 Å². The number of rotatable bonds is 10. The van der Waals surface area contributed by atoms with Crippen LogP contribution in [-0.2, 0) is 29.3 Å². The third kappa shape index (κ3) is 8.32. The highest BCUT2D eigenvalue weighted by Crippen LogP contribution is 2.65. The summed E-state index contributed by atoms with van der Waals surface area (Å²) in [4.78, 5) is 64.9. The van der Waals surface area contributed by atoms with Crippen LogP contribution in [0.1, 0.15) is 58.5 Å². The summed E-state index contributed by atoms with van der Waals surface area (Å²) >= 11 is 0. The molecule has 3 N–H and O–H groups in total. The van der Waals surface area contributed by atoms with Gasteiger partial charge >= 0.3 is 5.97 Å². The highest BCUT2D eigenvalue weighted by molar-refractivity contribution is 6.13. The highest BCUT2D eigenvalue weighted by atomic mass is 16.6. The summed E-state index contributed by atoms with van der Waals surface area (Å²) in [5.74, 6) is 4.69. The molecule has 6 atom stereocenters. The van der Waals surface area contributed by atoms with Crippen molar-refractivity contribution in [1.29, 1.82) is 0 Å². The number of aliphatic hydroxyl groups is 1. The lowest BCUT2D eigenvalue weighted by Gasteiger charge is -2.46. The number of fused-ring (bicyclic) bond motifs is 3. The number of nitrogens with one attached hydrogen (secondary N) is 2. The van der Waals surface area contributed by atoms with E-state index in [1.54, 1.807) is 26.2 Å². The number of ether oxygens (including phenoxy) is 3. The van der Waals surface area contributed by atoms with Crippen LogP contribution >= 0.6 is 0 Å². The molecule has 1 unspecified atom stereocenters. The summed E-state index contributed by atoms with van der Waals surface area (Å²) in [6.45, 7) is 3.93. The van der Waals surface area contributed by atoms with Crippen LogP contribution in [0, 0.1) is 17.8 Å². The Bertz CT molecular complexity index is 2950. The molecule has 13 heteroatoms. The summed E-state index contributed by atoms with van der Waals surface area (Å²) < 4.78 is 18.0. The molecule has 4 aliphatic heterocycles. The molecule has 4 heterocycles. The average molecular weight is 922 g/mol. The Labute approximate surface area is 400 Å². The first-order chi connectivity index (χ1) is 33.7. The molecule has 6 aromatic rings. The molecule has 0 aliphatic carbocycles. The van der Waals surface area contributed by atoms with Gasteiger partial charge < -0.3 is 39.8 Å². The van der Waals surface area contributed by atoms with Crippen molar-refractivity contribution in [2.24, 2.45) is 5.92 Å². The fraction of sp³-hybridized carbons (Fsp3) is 0.250. The number of carbonyl (C=O) groups is 4. The number of morpholine rings is 1. The molecule has 348 valence electrons. The first-order valence-electron chi connectivity index (χ1n) is 23.1. The Morgan fingerprint density at radius 1 is 0.754 bits per heavy atom. The summed E-state index contributed by atoms with van der Waals surface area (Å²) in [6, 6.07) is 44.0. The quantitative estimate of drug-likeness (QED) is 0.0965. The van der Waals surface area contributed by atoms with Crippen molar-refractivity contribution in [2.75, 3.05) is 62.0 Å². The van der Waals surface area contributed by atoms with Gasteiger partial charge in [-0.25, -0.2) is 0 Å². The molecule has 0 saturated carbocycles. The second-order valence-electron chi connectivity index (χ2n) is 17.6. The first-order valence-corrected chi connectivity index (χ1v) is 23.1. The molecule has 4 aliphatic rings. The van der Waals surface area contributed by atoms with E-state index in [4.69, 9.17) is 14.2 Å². The number of cyclic esters (lactones) is 1. The molecule has 13 nitrogen and oxygen atoms in total. The van der Waals surface area contributed by atoms with Crippen LogP contribution in [0.4, 0.5) is 17.1 Å². The zero-order valence-corrected chi connectivity index (χ0v) is 38.2. The van der Waals surface area contributed by atoms with Gasteiger partial charge in [0.25, 0.3) is 0 Å². The maximum atomic E-state index is 15.8. The fourth-order valence-corrected chi connectivity index (χ4v) is 10.7. The lowest BCUT2D eigenvalue weighted by molar-refractivity contribution is -0.177. The molecule has 0 radical (unpaired) electrons. The average Bonchev–Trinajstić information content (AvgIpc) is 3.87. The predicted molar refractivity (Wildman–Crippen MR) is 261 cm³/mol. The highest BCUT2D eigenvalue weighted by Gasteiger charge is 2.74. The van der Waals surface area contributed by atoms with Crippen molar-refractivity contribution >= 4 is 40.8 Å². The number of benzene rings is 6. The number of anilines is 3. The number of carbonyl (C=O) groups excluding carboxylic acids is 4. The van der Waals surface area contributed by atoms with Gasteiger partial charge in [-0.2, -0.15) is 0 Å². The number of amides is 3. The Morgan fingerprint density at radius 3 is 2.10 bits per heavy atom. The Hall–Kier alpha value is -7.92. The summed E-state index contributed by atoms with van der Waals surface area (Å²) in [7, 11) is 1.60. The summed E-state index contributed by atoms with van der Waals surface area (Å²) in [5, 5.41) is 16.1. The molecule has 69 heavy (non-hydrogen) atoms. The second kappa shape index (κ2) is 19.0. The molecule has 0 bridgehead atoms. The van der Waals surface area contributed by atoms with Gasteiger partial charge in [-0.1, -0.05) is 84.6 Å². The molecular weight excluding hydrogens is 871 g/mol. The predicted octanol–water partition coefficient (Wildman–Crippen LogP) is 7.04. The third-order valence-corrected chi connectivity index (χ3v) is 13.8. The Kier molecular flexibility index (Phi) is 12.4. The van der Waals surface area contributed by atoms with Crippen LogP contribution in [0.3, 0.4) is 0 Å². The van der Waals surface area contributed by atoms with Crippen molar-refractivity contribution in [1.82, 2.24) is 9.80 Å². The minimum atomic E-state index is -1.77. The molecule has 3 amide bonds. The van der Waals surface area contributed by atoms with E-state index in [1.807, 2.05) is 149 Å². The first kappa shape index (κ1) is 44.9. The van der Waals surface area contributed by atoms with E-state index in [2.05, 4.69) is 27.4 Å². The van der Waals surface area contributed by atoms with E-state index < -0.39 is 53.3 Å². The molecule has 6 aromatic carbocycles. The lowest BCUT2D eigenvalue weighted by atomic mass is 9.65. The van der Waals surface area contributed by atoms with Crippen molar-refractivity contribution in [3.63, 3.8) is 0 Å². The Balaban J connectivity index is 1.16. The largest absolute Gasteiger partial charge is 0.497 e. The smallest absolute Gasteiger partial charge is 0.324 e. The van der Waals surface area contributed by atoms with Gasteiger partial charge in [0.1, 0.15) is 35.7 Å². The van der Waals surface area contributed by atoms with Crippen molar-refractivity contribution < 1.29 is 38.5 Å². The van der Waals surface area contributed by atoms with Crippen LogP contribution in [0.15, 0.2) is 152 Å². The number of aliphatic hydroxyl groups excluding tert-OH is 1. The monoisotopic (exact) mass is 921 g/mol. The number of nitrogens with zero attached hydrogens (tertiary/aromatic N) is 3. The van der Waals surface area contributed by atoms with Gasteiger partial charge in [-0.15, -0.1) is 0 Å². The van der Waals surface area contributed by atoms with Crippen molar-refractivity contribution in [3.8, 4) is 23.3 Å². The van der Waals surface area contributed by atoms with E-state index in [-0.39, 0.29) is 19.1 Å². The number of esters is 1. The summed E-state index contributed by atoms with van der Waals surface area (Å²) in [6.07, 6.45) is -0.844. The van der Waals surface area contributed by atoms with E-state index in [0.29, 0.717) is 65.7 Å². The van der Waals surface area contributed by atoms with Crippen molar-refractivity contribution in [3.05, 3.63) is 185 Å². The number of hydrogen-bond acceptors (Lipinski definition) is 10. The van der Waals surface area contributed by atoms with Gasteiger partial charge in [0.2, 0.25) is 17.7 Å². The van der Waals surface area contributed by atoms with E-state index in [0.717, 1.165) is 22.4 Å². The number of piperazine rings is 1. The second-order valence-corrected chi connectivity index (χ2v) is 17.6. The SMILES string of the molecule is COc1ccc(C#Cc2ccc3c(c2)[C@]2(C(=O)N3)[C@H](c3cccc(OCCO)c3)N3C(C(=O)O[C@@H](c4ccccc4)[C@H]3c3ccccc3)[C@@H]2C(=O)Nc2ccc(N3CCN(C(C)=O)CC3)cc2)cc1.